The maximum absolute atomic E-state index is 9.19. The van der Waals surface area contributed by atoms with Crippen molar-refractivity contribution in [2.75, 3.05) is 11.9 Å². The van der Waals surface area contributed by atoms with Gasteiger partial charge in [-0.1, -0.05) is 18.9 Å². The Labute approximate surface area is 123 Å². The highest BCUT2D eigenvalue weighted by Gasteiger charge is 2.24. The minimum absolute atomic E-state index is 0.108. The SMILES string of the molecule is CC(CC1CC1)Nc1cc(-c2cccs2)nn1CCO. The lowest BCUT2D eigenvalue weighted by Gasteiger charge is -2.15. The van der Waals surface area contributed by atoms with Gasteiger partial charge in [0.15, 0.2) is 0 Å². The van der Waals surface area contributed by atoms with Gasteiger partial charge in [0.1, 0.15) is 11.5 Å². The third kappa shape index (κ3) is 3.22. The molecular weight excluding hydrogens is 270 g/mol. The van der Waals surface area contributed by atoms with Crippen LogP contribution in [0.2, 0.25) is 0 Å². The van der Waals surface area contributed by atoms with Crippen molar-refractivity contribution in [2.24, 2.45) is 5.92 Å². The van der Waals surface area contributed by atoms with Crippen LogP contribution in [0.4, 0.5) is 5.82 Å². The minimum atomic E-state index is 0.108. The van der Waals surface area contributed by atoms with Gasteiger partial charge >= 0.3 is 0 Å². The Hall–Kier alpha value is -1.33. The molecule has 5 heteroatoms. The van der Waals surface area contributed by atoms with Gasteiger partial charge in [0.05, 0.1) is 18.0 Å². The van der Waals surface area contributed by atoms with E-state index in [0.717, 1.165) is 17.4 Å². The molecule has 0 spiro atoms. The van der Waals surface area contributed by atoms with Crippen LogP contribution in [0.25, 0.3) is 10.6 Å². The van der Waals surface area contributed by atoms with Crippen molar-refractivity contribution in [3.8, 4) is 10.6 Å². The summed E-state index contributed by atoms with van der Waals surface area (Å²) in [7, 11) is 0. The van der Waals surface area contributed by atoms with Crippen LogP contribution in [0.1, 0.15) is 26.2 Å². The van der Waals surface area contributed by atoms with Gasteiger partial charge in [0, 0.05) is 12.1 Å². The lowest BCUT2D eigenvalue weighted by molar-refractivity contribution is 0.270. The zero-order valence-electron chi connectivity index (χ0n) is 11.7. The fourth-order valence-corrected chi connectivity index (χ4v) is 3.19. The number of aliphatic hydroxyl groups is 1. The van der Waals surface area contributed by atoms with Crippen molar-refractivity contribution in [3.63, 3.8) is 0 Å². The van der Waals surface area contributed by atoms with Crippen molar-refractivity contribution in [1.29, 1.82) is 0 Å². The van der Waals surface area contributed by atoms with Crippen molar-refractivity contribution in [1.82, 2.24) is 9.78 Å². The zero-order valence-corrected chi connectivity index (χ0v) is 12.6. The molecule has 3 rings (SSSR count). The maximum Gasteiger partial charge on any atom is 0.125 e. The number of hydrogen-bond acceptors (Lipinski definition) is 4. The smallest absolute Gasteiger partial charge is 0.125 e. The Bertz CT molecular complexity index is 545. The van der Waals surface area contributed by atoms with Crippen molar-refractivity contribution in [3.05, 3.63) is 23.6 Å². The number of aromatic nitrogens is 2. The van der Waals surface area contributed by atoms with Gasteiger partial charge in [-0.2, -0.15) is 5.10 Å². The van der Waals surface area contributed by atoms with E-state index in [1.54, 1.807) is 11.3 Å². The molecule has 1 saturated carbocycles. The number of rotatable bonds is 7. The summed E-state index contributed by atoms with van der Waals surface area (Å²) < 4.78 is 1.87. The molecule has 0 radical (unpaired) electrons. The Morgan fingerprint density at radius 2 is 2.40 bits per heavy atom. The molecule has 2 N–H and O–H groups in total. The first-order valence-corrected chi connectivity index (χ1v) is 8.13. The summed E-state index contributed by atoms with van der Waals surface area (Å²) >= 11 is 1.69. The lowest BCUT2D eigenvalue weighted by atomic mass is 10.1. The van der Waals surface area contributed by atoms with Gasteiger partial charge in [-0.15, -0.1) is 11.3 Å². The quantitative estimate of drug-likeness (QED) is 0.823. The molecule has 1 unspecified atom stereocenters. The maximum atomic E-state index is 9.19. The van der Waals surface area contributed by atoms with E-state index in [4.69, 9.17) is 0 Å². The Balaban J connectivity index is 1.76. The van der Waals surface area contributed by atoms with Crippen LogP contribution in [0.15, 0.2) is 23.6 Å². The first kappa shape index (κ1) is 13.6. The molecule has 108 valence electrons. The fraction of sp³-hybridized carbons (Fsp3) is 0.533. The van der Waals surface area contributed by atoms with Gasteiger partial charge in [-0.3, -0.25) is 0 Å². The van der Waals surface area contributed by atoms with Crippen LogP contribution >= 0.6 is 11.3 Å². The van der Waals surface area contributed by atoms with Crippen molar-refractivity contribution < 1.29 is 5.11 Å². The monoisotopic (exact) mass is 291 g/mol. The number of anilines is 1. The summed E-state index contributed by atoms with van der Waals surface area (Å²) in [6.07, 6.45) is 3.98. The van der Waals surface area contributed by atoms with E-state index < -0.39 is 0 Å². The van der Waals surface area contributed by atoms with Crippen LogP contribution in [-0.4, -0.2) is 27.5 Å². The molecule has 0 amide bonds. The van der Waals surface area contributed by atoms with Crippen LogP contribution in [0, 0.1) is 5.92 Å². The van der Waals surface area contributed by atoms with E-state index in [0.29, 0.717) is 12.6 Å². The van der Waals surface area contributed by atoms with Crippen LogP contribution < -0.4 is 5.32 Å². The Kier molecular flexibility index (Phi) is 4.08. The largest absolute Gasteiger partial charge is 0.394 e. The molecule has 1 fully saturated rings. The molecule has 4 nitrogen and oxygen atoms in total. The summed E-state index contributed by atoms with van der Waals surface area (Å²) in [6.45, 7) is 2.86. The van der Waals surface area contributed by atoms with Gasteiger partial charge in [0.25, 0.3) is 0 Å². The molecule has 1 aliphatic rings. The normalized spacial score (nSPS) is 16.3. The second kappa shape index (κ2) is 5.97. The fourth-order valence-electron chi connectivity index (χ4n) is 2.51. The van der Waals surface area contributed by atoms with Crippen LogP contribution in [0.3, 0.4) is 0 Å². The average molecular weight is 291 g/mol. The average Bonchev–Trinajstić information content (AvgIpc) is 2.92. The third-order valence-electron chi connectivity index (χ3n) is 3.64. The highest BCUT2D eigenvalue weighted by Crippen LogP contribution is 2.34. The number of thiophene rings is 1. The summed E-state index contributed by atoms with van der Waals surface area (Å²) in [4.78, 5) is 1.17. The summed E-state index contributed by atoms with van der Waals surface area (Å²) in [5.74, 6) is 1.92. The van der Waals surface area contributed by atoms with Crippen molar-refractivity contribution in [2.45, 2.75) is 38.8 Å². The van der Waals surface area contributed by atoms with E-state index in [1.165, 1.54) is 24.1 Å². The molecule has 1 aliphatic carbocycles. The zero-order chi connectivity index (χ0) is 13.9. The molecule has 0 bridgehead atoms. The molecule has 2 aromatic rings. The minimum Gasteiger partial charge on any atom is -0.394 e. The van der Waals surface area contributed by atoms with Gasteiger partial charge in [-0.05, 0) is 30.7 Å². The topological polar surface area (TPSA) is 50.1 Å². The standard InChI is InChI=1S/C15H21N3OS/c1-11(9-12-4-5-12)16-15-10-13(14-3-2-8-20-14)17-18(15)6-7-19/h2-3,8,10-12,16,19H,4-7,9H2,1H3. The molecule has 0 saturated heterocycles. The first-order chi connectivity index (χ1) is 9.76. The van der Waals surface area contributed by atoms with E-state index >= 15 is 0 Å². The van der Waals surface area contributed by atoms with Gasteiger partial charge < -0.3 is 10.4 Å². The van der Waals surface area contributed by atoms with Crippen LogP contribution in [0.5, 0.6) is 0 Å². The predicted octanol–water partition coefficient (Wildman–Crippen LogP) is 3.20. The summed E-state index contributed by atoms with van der Waals surface area (Å²) in [6, 6.07) is 6.65. The number of nitrogens with one attached hydrogen (secondary N) is 1. The molecule has 2 heterocycles. The van der Waals surface area contributed by atoms with Gasteiger partial charge in [0.2, 0.25) is 0 Å². The molecule has 2 aromatic heterocycles. The van der Waals surface area contributed by atoms with E-state index in [9.17, 15) is 5.11 Å². The van der Waals surface area contributed by atoms with E-state index in [1.807, 2.05) is 10.7 Å². The molecule has 0 aromatic carbocycles. The van der Waals surface area contributed by atoms with E-state index in [2.05, 4.69) is 34.9 Å². The highest BCUT2D eigenvalue weighted by molar-refractivity contribution is 7.13. The molecule has 0 aliphatic heterocycles. The highest BCUT2D eigenvalue weighted by atomic mass is 32.1. The number of nitrogens with zero attached hydrogens (tertiary/aromatic N) is 2. The molecular formula is C15H21N3OS. The Morgan fingerprint density at radius 1 is 1.55 bits per heavy atom. The predicted molar refractivity (Wildman–Crippen MR) is 83.1 cm³/mol. The summed E-state index contributed by atoms with van der Waals surface area (Å²) in [5, 5.41) is 19.4. The first-order valence-electron chi connectivity index (χ1n) is 7.25. The summed E-state index contributed by atoms with van der Waals surface area (Å²) in [5.41, 5.74) is 0.981. The number of hydrogen-bond donors (Lipinski definition) is 2. The Morgan fingerprint density at radius 3 is 3.05 bits per heavy atom. The second-order valence-corrected chi connectivity index (χ2v) is 6.51. The lowest BCUT2D eigenvalue weighted by Crippen LogP contribution is -2.19. The second-order valence-electron chi connectivity index (χ2n) is 5.56. The molecule has 1 atom stereocenters. The molecule has 20 heavy (non-hydrogen) atoms. The van der Waals surface area contributed by atoms with Crippen molar-refractivity contribution >= 4 is 17.2 Å². The third-order valence-corrected chi connectivity index (χ3v) is 4.54. The van der Waals surface area contributed by atoms with E-state index in [-0.39, 0.29) is 6.61 Å². The van der Waals surface area contributed by atoms with Gasteiger partial charge in [-0.25, -0.2) is 4.68 Å². The van der Waals surface area contributed by atoms with Crippen LogP contribution in [-0.2, 0) is 6.54 Å². The number of aliphatic hydroxyl groups excluding tert-OH is 1.